The van der Waals surface area contributed by atoms with Crippen molar-refractivity contribution in [3.05, 3.63) is 62.1 Å². The van der Waals surface area contributed by atoms with Crippen LogP contribution in [0.4, 0.5) is 0 Å². The van der Waals surface area contributed by atoms with Crippen molar-refractivity contribution in [1.29, 1.82) is 0 Å². The fourth-order valence-electron chi connectivity index (χ4n) is 3.56. The van der Waals surface area contributed by atoms with E-state index >= 15 is 0 Å². The Kier molecular flexibility index (Phi) is 4.77. The fraction of sp³-hybridized carbons (Fsp3) is 0.368. The summed E-state index contributed by atoms with van der Waals surface area (Å²) in [5.74, 6) is -0.807. The minimum atomic E-state index is -0.537. The van der Waals surface area contributed by atoms with Crippen molar-refractivity contribution in [2.75, 3.05) is 11.7 Å². The molecular weight excluding hydrogens is 382 g/mol. The van der Waals surface area contributed by atoms with E-state index in [0.717, 1.165) is 6.42 Å². The topological polar surface area (TPSA) is 65.8 Å². The molecule has 2 aromatic heterocycles. The number of rotatable bonds is 4. The number of allylic oxidation sites excluding steroid dienone is 1. The summed E-state index contributed by atoms with van der Waals surface area (Å²) in [6.07, 6.45) is 4.69. The molecule has 2 aromatic rings. The number of aromatic hydroxyl groups is 1. The first-order valence-corrected chi connectivity index (χ1v) is 10.7. The molecule has 0 saturated carbocycles. The van der Waals surface area contributed by atoms with E-state index < -0.39 is 11.2 Å². The third-order valence-electron chi connectivity index (χ3n) is 4.94. The van der Waals surface area contributed by atoms with Gasteiger partial charge in [0, 0.05) is 28.4 Å². The summed E-state index contributed by atoms with van der Waals surface area (Å²) in [7, 11) is 0. The Morgan fingerprint density at radius 1 is 1.26 bits per heavy atom. The van der Waals surface area contributed by atoms with Crippen LogP contribution in [0.15, 0.2) is 46.1 Å². The van der Waals surface area contributed by atoms with E-state index in [0.29, 0.717) is 11.9 Å². The van der Waals surface area contributed by atoms with Crippen LogP contribution >= 0.6 is 23.1 Å². The van der Waals surface area contributed by atoms with Gasteiger partial charge in [-0.3, -0.25) is 19.3 Å². The number of carbonyl (C=O) groups excluding carboxylic acids is 1. The number of carbonyl (C=O) groups is 1. The molecule has 0 aromatic carbocycles. The molecule has 2 unspecified atom stereocenters. The normalized spacial score (nSPS) is 20.4. The highest BCUT2D eigenvalue weighted by molar-refractivity contribution is 8.03. The van der Waals surface area contributed by atoms with Gasteiger partial charge in [0.05, 0.1) is 6.04 Å². The van der Waals surface area contributed by atoms with Crippen LogP contribution in [0.1, 0.15) is 41.7 Å². The number of thioether (sulfide) groups is 1. The molecule has 8 heteroatoms. The zero-order valence-electron chi connectivity index (χ0n) is 15.1. The second kappa shape index (κ2) is 7.09. The lowest BCUT2D eigenvalue weighted by Crippen LogP contribution is -2.58. The summed E-state index contributed by atoms with van der Waals surface area (Å²) >= 11 is 3.46. The van der Waals surface area contributed by atoms with Gasteiger partial charge in [0.2, 0.25) is 5.43 Å². The lowest BCUT2D eigenvalue weighted by Gasteiger charge is -2.46. The average molecular weight is 404 g/mol. The van der Waals surface area contributed by atoms with Gasteiger partial charge in [-0.1, -0.05) is 12.1 Å². The van der Waals surface area contributed by atoms with E-state index in [2.05, 4.69) is 27.9 Å². The zero-order chi connectivity index (χ0) is 19.1. The Labute approximate surface area is 165 Å². The molecule has 1 amide bonds. The molecule has 6 nitrogen and oxygen atoms in total. The smallest absolute Gasteiger partial charge is 0.278 e. The Bertz CT molecular complexity index is 928. The van der Waals surface area contributed by atoms with Gasteiger partial charge in [-0.15, -0.1) is 23.1 Å². The van der Waals surface area contributed by atoms with Crippen molar-refractivity contribution in [2.24, 2.45) is 0 Å². The summed E-state index contributed by atoms with van der Waals surface area (Å²) in [4.78, 5) is 27.9. The monoisotopic (exact) mass is 403 g/mol. The number of amides is 1. The number of fused-ring (bicyclic) bond motifs is 1. The molecule has 0 fully saturated rings. The van der Waals surface area contributed by atoms with Gasteiger partial charge in [-0.2, -0.15) is 0 Å². The maximum atomic E-state index is 13.0. The second-order valence-electron chi connectivity index (χ2n) is 6.91. The van der Waals surface area contributed by atoms with E-state index in [1.54, 1.807) is 38.9 Å². The maximum Gasteiger partial charge on any atom is 0.278 e. The van der Waals surface area contributed by atoms with E-state index in [1.807, 2.05) is 19.9 Å². The zero-order valence-corrected chi connectivity index (χ0v) is 16.7. The minimum absolute atomic E-state index is 0.0139. The summed E-state index contributed by atoms with van der Waals surface area (Å²) in [6, 6.07) is 5.41. The van der Waals surface area contributed by atoms with E-state index in [9.17, 15) is 14.7 Å². The number of aromatic nitrogens is 1. The first kappa shape index (κ1) is 18.2. The van der Waals surface area contributed by atoms with Crippen LogP contribution in [0.25, 0.3) is 0 Å². The Hall–Kier alpha value is -2.19. The molecule has 4 rings (SSSR count). The van der Waals surface area contributed by atoms with Crippen LogP contribution in [0.3, 0.4) is 0 Å². The molecule has 1 N–H and O–H groups in total. The largest absolute Gasteiger partial charge is 0.502 e. The van der Waals surface area contributed by atoms with Gasteiger partial charge >= 0.3 is 0 Å². The van der Waals surface area contributed by atoms with Crippen LogP contribution in [0, 0.1) is 0 Å². The molecule has 2 atom stereocenters. The molecule has 0 radical (unpaired) electrons. The highest BCUT2D eigenvalue weighted by Crippen LogP contribution is 2.41. The van der Waals surface area contributed by atoms with Crippen molar-refractivity contribution in [3.8, 4) is 5.75 Å². The van der Waals surface area contributed by atoms with Crippen LogP contribution in [-0.4, -0.2) is 38.6 Å². The van der Waals surface area contributed by atoms with Crippen LogP contribution < -0.4 is 10.4 Å². The molecule has 2 aliphatic heterocycles. The molecule has 0 bridgehead atoms. The highest BCUT2D eigenvalue weighted by Gasteiger charge is 2.40. The predicted octanol–water partition coefficient (Wildman–Crippen LogP) is 3.14. The molecule has 4 heterocycles. The number of hydrogen-bond donors (Lipinski definition) is 1. The quantitative estimate of drug-likeness (QED) is 0.850. The Morgan fingerprint density at radius 2 is 2.07 bits per heavy atom. The van der Waals surface area contributed by atoms with Crippen molar-refractivity contribution in [3.63, 3.8) is 0 Å². The van der Waals surface area contributed by atoms with Crippen molar-refractivity contribution < 1.29 is 9.90 Å². The van der Waals surface area contributed by atoms with Gasteiger partial charge in [0.25, 0.3) is 5.91 Å². The summed E-state index contributed by atoms with van der Waals surface area (Å²) < 4.78 is 1.67. The molecule has 0 spiro atoms. The Morgan fingerprint density at radius 3 is 2.70 bits per heavy atom. The summed E-state index contributed by atoms with van der Waals surface area (Å²) in [5.41, 5.74) is -0.496. The lowest BCUT2D eigenvalue weighted by atomic mass is 10.1. The molecule has 27 heavy (non-hydrogen) atoms. The average Bonchev–Trinajstić information content (AvgIpc) is 3.34. The third kappa shape index (κ3) is 3.06. The number of thiophene rings is 1. The standard InChI is InChI=1S/C19H21N3O3S2/c1-12(2)20-11-22(21-8-7-13(23)18(24)17(21)19(20)25)16(14-5-3-9-26-14)15-6-4-10-27-15/h3-5,7-10,12,15-16,24H,6,11H2,1-2H3. The molecular formula is C19H21N3O3S2. The second-order valence-corrected chi connectivity index (χ2v) is 9.04. The van der Waals surface area contributed by atoms with Gasteiger partial charge < -0.3 is 10.0 Å². The van der Waals surface area contributed by atoms with Crippen LogP contribution in [-0.2, 0) is 0 Å². The van der Waals surface area contributed by atoms with Crippen molar-refractivity contribution >= 4 is 29.0 Å². The molecule has 2 aliphatic rings. The van der Waals surface area contributed by atoms with Crippen molar-refractivity contribution in [2.45, 2.75) is 37.6 Å². The van der Waals surface area contributed by atoms with Crippen LogP contribution in [0.2, 0.25) is 0 Å². The van der Waals surface area contributed by atoms with E-state index in [4.69, 9.17) is 0 Å². The third-order valence-corrected chi connectivity index (χ3v) is 7.03. The fourth-order valence-corrected chi connectivity index (χ4v) is 5.63. The van der Waals surface area contributed by atoms with Gasteiger partial charge in [0.15, 0.2) is 11.4 Å². The van der Waals surface area contributed by atoms with Crippen LogP contribution in [0.5, 0.6) is 5.75 Å². The van der Waals surface area contributed by atoms with E-state index in [-0.39, 0.29) is 23.7 Å². The molecule has 0 aliphatic carbocycles. The van der Waals surface area contributed by atoms with Gasteiger partial charge in [0.1, 0.15) is 6.67 Å². The summed E-state index contributed by atoms with van der Waals surface area (Å²) in [6.45, 7) is 4.27. The minimum Gasteiger partial charge on any atom is -0.502 e. The Balaban J connectivity index is 1.88. The summed E-state index contributed by atoms with van der Waals surface area (Å²) in [5, 5.41) is 16.9. The molecule has 0 saturated heterocycles. The van der Waals surface area contributed by atoms with Gasteiger partial charge in [-0.25, -0.2) is 0 Å². The van der Waals surface area contributed by atoms with Crippen molar-refractivity contribution in [1.82, 2.24) is 9.58 Å². The maximum absolute atomic E-state index is 13.0. The van der Waals surface area contributed by atoms with E-state index in [1.165, 1.54) is 10.9 Å². The number of nitrogens with zero attached hydrogens (tertiary/aromatic N) is 3. The lowest BCUT2D eigenvalue weighted by molar-refractivity contribution is 0.0616. The number of pyridine rings is 1. The SMILES string of the molecule is CC(C)N1CN(C(c2cccs2)C2CC=CS2)n2ccc(=O)c(O)c2C1=O. The molecule has 142 valence electrons. The predicted molar refractivity (Wildman–Crippen MR) is 109 cm³/mol. The van der Waals surface area contributed by atoms with Gasteiger partial charge in [-0.05, 0) is 37.1 Å². The highest BCUT2D eigenvalue weighted by atomic mass is 32.2. The number of hydrogen-bond acceptors (Lipinski definition) is 6. The first-order chi connectivity index (χ1) is 13.0. The first-order valence-electron chi connectivity index (χ1n) is 8.85.